The summed E-state index contributed by atoms with van der Waals surface area (Å²) in [6, 6.07) is 12.6. The SMILES string of the molecule is O=C(N/N=C/c1ccccc1O)c1ccc(N2C(=O)C=CC2=O)cc1. The smallest absolute Gasteiger partial charge is 0.271 e. The highest BCUT2D eigenvalue weighted by atomic mass is 16.3. The highest BCUT2D eigenvalue weighted by molar-refractivity contribution is 6.28. The van der Waals surface area contributed by atoms with Crippen molar-refractivity contribution in [3.05, 3.63) is 71.8 Å². The first-order valence-corrected chi connectivity index (χ1v) is 7.34. The number of benzene rings is 2. The highest BCUT2D eigenvalue weighted by Gasteiger charge is 2.25. The molecule has 0 aliphatic carbocycles. The molecule has 25 heavy (non-hydrogen) atoms. The van der Waals surface area contributed by atoms with E-state index in [0.29, 0.717) is 16.8 Å². The van der Waals surface area contributed by atoms with Gasteiger partial charge in [0.25, 0.3) is 17.7 Å². The average Bonchev–Trinajstić information content (AvgIpc) is 2.95. The Bertz CT molecular complexity index is 883. The van der Waals surface area contributed by atoms with E-state index in [1.165, 1.54) is 48.7 Å². The van der Waals surface area contributed by atoms with Gasteiger partial charge in [0.1, 0.15) is 5.75 Å². The Labute approximate surface area is 142 Å². The molecule has 124 valence electrons. The highest BCUT2D eigenvalue weighted by Crippen LogP contribution is 2.19. The number of hydrazone groups is 1. The molecular formula is C18H13N3O4. The van der Waals surface area contributed by atoms with Gasteiger partial charge in [-0.1, -0.05) is 12.1 Å². The van der Waals surface area contributed by atoms with Crippen molar-refractivity contribution >= 4 is 29.6 Å². The third kappa shape index (κ3) is 3.45. The number of nitrogens with zero attached hydrogens (tertiary/aromatic N) is 2. The standard InChI is InChI=1S/C18H13N3O4/c22-15-4-2-1-3-13(15)11-19-20-18(25)12-5-7-14(8-6-12)21-16(23)9-10-17(21)24/h1-11,22H,(H,20,25)/b19-11+. The first-order valence-electron chi connectivity index (χ1n) is 7.34. The van der Waals surface area contributed by atoms with Crippen LogP contribution in [0.2, 0.25) is 0 Å². The third-order valence-electron chi connectivity index (χ3n) is 3.50. The molecular weight excluding hydrogens is 322 g/mol. The maximum absolute atomic E-state index is 12.0. The summed E-state index contributed by atoms with van der Waals surface area (Å²) in [6.07, 6.45) is 3.71. The number of phenolic OH excluding ortho intramolecular Hbond substituents is 1. The van der Waals surface area contributed by atoms with Crippen LogP contribution in [0, 0.1) is 0 Å². The van der Waals surface area contributed by atoms with Crippen molar-refractivity contribution in [3.8, 4) is 5.75 Å². The number of nitrogens with one attached hydrogen (secondary N) is 1. The van der Waals surface area contributed by atoms with Crippen molar-refractivity contribution in [2.75, 3.05) is 4.90 Å². The molecule has 7 heteroatoms. The molecule has 0 fully saturated rings. The largest absolute Gasteiger partial charge is 0.507 e. The summed E-state index contributed by atoms with van der Waals surface area (Å²) < 4.78 is 0. The number of carbonyl (C=O) groups excluding carboxylic acids is 3. The second-order valence-electron chi connectivity index (χ2n) is 5.15. The number of hydrogen-bond acceptors (Lipinski definition) is 5. The van der Waals surface area contributed by atoms with Crippen LogP contribution in [-0.4, -0.2) is 29.0 Å². The monoisotopic (exact) mass is 335 g/mol. The number of para-hydroxylation sites is 1. The Morgan fingerprint density at radius 3 is 2.28 bits per heavy atom. The van der Waals surface area contributed by atoms with E-state index in [2.05, 4.69) is 10.5 Å². The van der Waals surface area contributed by atoms with Gasteiger partial charge in [-0.2, -0.15) is 5.10 Å². The number of carbonyl (C=O) groups is 3. The van der Waals surface area contributed by atoms with E-state index in [0.717, 1.165) is 4.90 Å². The molecule has 3 rings (SSSR count). The number of anilines is 1. The Kier molecular flexibility index (Phi) is 4.38. The van der Waals surface area contributed by atoms with Crippen molar-refractivity contribution in [1.82, 2.24) is 5.43 Å². The molecule has 0 aromatic heterocycles. The van der Waals surface area contributed by atoms with E-state index in [4.69, 9.17) is 0 Å². The third-order valence-corrected chi connectivity index (χ3v) is 3.50. The van der Waals surface area contributed by atoms with Crippen LogP contribution < -0.4 is 10.3 Å². The fraction of sp³-hybridized carbons (Fsp3) is 0. The molecule has 1 aliphatic heterocycles. The lowest BCUT2D eigenvalue weighted by atomic mass is 10.2. The van der Waals surface area contributed by atoms with Crippen molar-refractivity contribution in [1.29, 1.82) is 0 Å². The zero-order chi connectivity index (χ0) is 17.8. The van der Waals surface area contributed by atoms with Crippen LogP contribution in [0.3, 0.4) is 0 Å². The molecule has 0 bridgehead atoms. The average molecular weight is 335 g/mol. The topological polar surface area (TPSA) is 99.1 Å². The summed E-state index contributed by atoms with van der Waals surface area (Å²) in [7, 11) is 0. The summed E-state index contributed by atoms with van der Waals surface area (Å²) in [6.45, 7) is 0. The van der Waals surface area contributed by atoms with E-state index in [1.807, 2.05) is 0 Å². The zero-order valence-corrected chi connectivity index (χ0v) is 12.9. The molecule has 0 unspecified atom stereocenters. The van der Waals surface area contributed by atoms with Gasteiger partial charge in [-0.3, -0.25) is 14.4 Å². The molecule has 0 saturated heterocycles. The van der Waals surface area contributed by atoms with Gasteiger partial charge < -0.3 is 5.11 Å². The summed E-state index contributed by atoms with van der Waals surface area (Å²) in [5.41, 5.74) is 3.50. The summed E-state index contributed by atoms with van der Waals surface area (Å²) in [4.78, 5) is 36.3. The molecule has 0 radical (unpaired) electrons. The van der Waals surface area contributed by atoms with E-state index in [1.54, 1.807) is 18.2 Å². The van der Waals surface area contributed by atoms with E-state index < -0.39 is 17.7 Å². The summed E-state index contributed by atoms with van der Waals surface area (Å²) in [5, 5.41) is 13.4. The molecule has 2 N–H and O–H groups in total. The van der Waals surface area contributed by atoms with Crippen molar-refractivity contribution in [2.45, 2.75) is 0 Å². The maximum Gasteiger partial charge on any atom is 0.271 e. The fourth-order valence-electron chi connectivity index (χ4n) is 2.24. The van der Waals surface area contributed by atoms with Gasteiger partial charge in [-0.05, 0) is 36.4 Å². The Morgan fingerprint density at radius 1 is 1.00 bits per heavy atom. The molecule has 2 aromatic carbocycles. The summed E-state index contributed by atoms with van der Waals surface area (Å²) >= 11 is 0. The quantitative estimate of drug-likeness (QED) is 0.503. The van der Waals surface area contributed by atoms with Crippen molar-refractivity contribution in [3.63, 3.8) is 0 Å². The van der Waals surface area contributed by atoms with E-state index in [9.17, 15) is 19.5 Å². The van der Waals surface area contributed by atoms with Crippen LogP contribution in [0.25, 0.3) is 0 Å². The Hall–Kier alpha value is -3.74. The second kappa shape index (κ2) is 6.79. The number of hydrogen-bond donors (Lipinski definition) is 2. The van der Waals surface area contributed by atoms with Gasteiger partial charge >= 0.3 is 0 Å². The lowest BCUT2D eigenvalue weighted by molar-refractivity contribution is -0.119. The lowest BCUT2D eigenvalue weighted by Gasteiger charge is -2.13. The minimum absolute atomic E-state index is 0.0541. The number of aromatic hydroxyl groups is 1. The molecule has 2 aromatic rings. The molecule has 0 spiro atoms. The molecule has 1 heterocycles. The van der Waals surface area contributed by atoms with E-state index >= 15 is 0 Å². The molecule has 0 atom stereocenters. The summed E-state index contributed by atoms with van der Waals surface area (Å²) in [5.74, 6) is -1.25. The zero-order valence-electron chi connectivity index (χ0n) is 12.9. The van der Waals surface area contributed by atoms with Crippen LogP contribution in [0.15, 0.2) is 65.8 Å². The minimum Gasteiger partial charge on any atom is -0.507 e. The van der Waals surface area contributed by atoms with Crippen molar-refractivity contribution < 1.29 is 19.5 Å². The molecule has 1 aliphatic rings. The number of phenols is 1. The van der Waals surface area contributed by atoms with Gasteiger partial charge in [0.2, 0.25) is 0 Å². The predicted molar refractivity (Wildman–Crippen MR) is 91.2 cm³/mol. The van der Waals surface area contributed by atoms with Crippen molar-refractivity contribution in [2.24, 2.45) is 5.10 Å². The number of rotatable bonds is 4. The van der Waals surface area contributed by atoms with Crippen LogP contribution in [0.4, 0.5) is 5.69 Å². The van der Waals surface area contributed by atoms with Gasteiger partial charge in [0, 0.05) is 23.3 Å². The van der Waals surface area contributed by atoms with Gasteiger partial charge in [-0.25, -0.2) is 10.3 Å². The fourth-order valence-corrected chi connectivity index (χ4v) is 2.24. The number of amides is 3. The van der Waals surface area contributed by atoms with Gasteiger partial charge in [-0.15, -0.1) is 0 Å². The molecule has 7 nitrogen and oxygen atoms in total. The number of imide groups is 1. The normalized spacial score (nSPS) is 13.7. The van der Waals surface area contributed by atoms with Crippen LogP contribution in [0.1, 0.15) is 15.9 Å². The predicted octanol–water partition coefficient (Wildman–Crippen LogP) is 1.59. The Morgan fingerprint density at radius 2 is 1.64 bits per heavy atom. The second-order valence-corrected chi connectivity index (χ2v) is 5.15. The van der Waals surface area contributed by atoms with Crippen LogP contribution in [0.5, 0.6) is 5.75 Å². The van der Waals surface area contributed by atoms with Crippen LogP contribution >= 0.6 is 0 Å². The Balaban J connectivity index is 1.66. The van der Waals surface area contributed by atoms with Gasteiger partial charge in [0.15, 0.2) is 0 Å². The molecule has 0 saturated carbocycles. The molecule has 3 amide bonds. The lowest BCUT2D eigenvalue weighted by Crippen LogP contribution is -2.29. The maximum atomic E-state index is 12.0. The first kappa shape index (κ1) is 16.1. The van der Waals surface area contributed by atoms with E-state index in [-0.39, 0.29) is 5.75 Å². The van der Waals surface area contributed by atoms with Crippen LogP contribution in [-0.2, 0) is 9.59 Å². The first-order chi connectivity index (χ1) is 12.1. The van der Waals surface area contributed by atoms with Gasteiger partial charge in [0.05, 0.1) is 11.9 Å². The minimum atomic E-state index is -0.463.